The Kier molecular flexibility index (Phi) is 4.45. The van der Waals surface area contributed by atoms with Crippen molar-refractivity contribution in [1.82, 2.24) is 0 Å². The zero-order valence-corrected chi connectivity index (χ0v) is 9.42. The molecule has 0 aliphatic rings. The Morgan fingerprint density at radius 2 is 2.07 bits per heavy atom. The number of nitrogens with zero attached hydrogens (tertiary/aromatic N) is 1. The molecular weight excluding hydrogens is 262 g/mol. The topological polar surface area (TPSA) is 63.4 Å². The number of benzene rings is 1. The lowest BCUT2D eigenvalue weighted by atomic mass is 10.1. The fraction of sp³-hybridized carbons (Fsp3) is 0.200. The summed E-state index contributed by atoms with van der Waals surface area (Å²) in [5.74, 6) is 0. The molecule has 0 spiro atoms. The second kappa shape index (κ2) is 5.63. The minimum Gasteiger partial charge on any atom is -0.388 e. The summed E-state index contributed by atoms with van der Waals surface area (Å²) < 4.78 is 0. The van der Waals surface area contributed by atoms with E-state index < -0.39 is 11.0 Å². The Balaban J connectivity index is 2.75. The molecule has 0 heterocycles. The molecule has 0 radical (unpaired) electrons. The van der Waals surface area contributed by atoms with Gasteiger partial charge >= 0.3 is 0 Å². The highest BCUT2D eigenvalue weighted by Crippen LogP contribution is 2.20. The molecule has 0 aliphatic heterocycles. The zero-order chi connectivity index (χ0) is 11.3. The van der Waals surface area contributed by atoms with Crippen molar-refractivity contribution >= 4 is 21.6 Å². The Morgan fingerprint density at radius 1 is 1.47 bits per heavy atom. The van der Waals surface area contributed by atoms with Crippen molar-refractivity contribution in [2.75, 3.05) is 0 Å². The second-order valence-corrected chi connectivity index (χ2v) is 3.49. The molecule has 1 aromatic carbocycles. The lowest BCUT2D eigenvalue weighted by Gasteiger charge is -2.07. The molecule has 1 N–H and O–H groups in total. The van der Waals surface area contributed by atoms with Crippen molar-refractivity contribution in [2.45, 2.75) is 12.5 Å². The van der Waals surface area contributed by atoms with Crippen LogP contribution in [-0.4, -0.2) is 10.0 Å². The maximum Gasteiger partial charge on any atom is 0.269 e. The molecule has 0 unspecified atom stereocenters. The average Bonchev–Trinajstić information content (AvgIpc) is 2.26. The molecule has 1 atom stereocenters. The highest BCUT2D eigenvalue weighted by atomic mass is 79.9. The van der Waals surface area contributed by atoms with Crippen molar-refractivity contribution in [3.8, 4) is 0 Å². The van der Waals surface area contributed by atoms with Gasteiger partial charge in [-0.05, 0) is 29.1 Å². The fourth-order valence-electron chi connectivity index (χ4n) is 1.13. The van der Waals surface area contributed by atoms with Crippen LogP contribution in [0.2, 0.25) is 0 Å². The van der Waals surface area contributed by atoms with Gasteiger partial charge in [0.15, 0.2) is 0 Å². The molecular formula is C10H10BrNO3. The molecule has 0 saturated heterocycles. The summed E-state index contributed by atoms with van der Waals surface area (Å²) in [6.07, 6.45) is 1.62. The van der Waals surface area contributed by atoms with Crippen LogP contribution in [0.3, 0.4) is 0 Å². The van der Waals surface area contributed by atoms with Crippen LogP contribution in [0.25, 0.3) is 0 Å². The molecule has 80 valence electrons. The van der Waals surface area contributed by atoms with E-state index in [0.717, 1.165) is 0 Å². The summed E-state index contributed by atoms with van der Waals surface area (Å²) in [5, 5.41) is 20.0. The monoisotopic (exact) mass is 271 g/mol. The number of aliphatic hydroxyl groups excluding tert-OH is 1. The summed E-state index contributed by atoms with van der Waals surface area (Å²) in [7, 11) is 0. The van der Waals surface area contributed by atoms with Crippen LogP contribution in [0.5, 0.6) is 0 Å². The van der Waals surface area contributed by atoms with Crippen LogP contribution in [0.4, 0.5) is 5.69 Å². The van der Waals surface area contributed by atoms with Gasteiger partial charge in [0, 0.05) is 12.1 Å². The number of halogens is 1. The van der Waals surface area contributed by atoms with Gasteiger partial charge in [-0.25, -0.2) is 0 Å². The molecule has 4 nitrogen and oxygen atoms in total. The smallest absolute Gasteiger partial charge is 0.269 e. The number of hydrogen-bond acceptors (Lipinski definition) is 3. The Bertz CT molecular complexity index is 361. The number of nitro groups is 1. The van der Waals surface area contributed by atoms with Crippen LogP contribution in [0.15, 0.2) is 35.3 Å². The quantitative estimate of drug-likeness (QED) is 0.677. The van der Waals surface area contributed by atoms with Gasteiger partial charge in [-0.2, -0.15) is 0 Å². The number of nitro benzene ring substituents is 1. The second-order valence-electron chi connectivity index (χ2n) is 2.96. The molecule has 0 aliphatic carbocycles. The highest BCUT2D eigenvalue weighted by Gasteiger charge is 2.08. The van der Waals surface area contributed by atoms with Crippen molar-refractivity contribution in [1.29, 1.82) is 0 Å². The van der Waals surface area contributed by atoms with E-state index in [-0.39, 0.29) is 5.69 Å². The van der Waals surface area contributed by atoms with Gasteiger partial charge in [-0.3, -0.25) is 10.1 Å². The van der Waals surface area contributed by atoms with E-state index in [1.54, 1.807) is 23.2 Å². The van der Waals surface area contributed by atoms with Crippen molar-refractivity contribution in [2.24, 2.45) is 0 Å². The third-order valence-corrected chi connectivity index (χ3v) is 2.31. The van der Waals surface area contributed by atoms with E-state index in [0.29, 0.717) is 12.0 Å². The van der Waals surface area contributed by atoms with Gasteiger partial charge in [0.2, 0.25) is 0 Å². The molecule has 0 bridgehead atoms. The van der Waals surface area contributed by atoms with Gasteiger partial charge in [0.25, 0.3) is 5.69 Å². The number of hydrogen-bond donors (Lipinski definition) is 1. The average molecular weight is 272 g/mol. The van der Waals surface area contributed by atoms with E-state index in [1.165, 1.54) is 12.1 Å². The lowest BCUT2D eigenvalue weighted by Crippen LogP contribution is -1.96. The molecule has 0 aromatic heterocycles. The van der Waals surface area contributed by atoms with Crippen LogP contribution >= 0.6 is 15.9 Å². The lowest BCUT2D eigenvalue weighted by molar-refractivity contribution is -0.384. The Morgan fingerprint density at radius 3 is 2.53 bits per heavy atom. The number of rotatable bonds is 4. The maximum absolute atomic E-state index is 10.4. The first kappa shape index (κ1) is 11.9. The van der Waals surface area contributed by atoms with E-state index in [1.807, 2.05) is 0 Å². The molecule has 1 rings (SSSR count). The summed E-state index contributed by atoms with van der Waals surface area (Å²) in [6.45, 7) is 0. The summed E-state index contributed by atoms with van der Waals surface area (Å²) in [4.78, 5) is 11.6. The Labute approximate surface area is 95.5 Å². The van der Waals surface area contributed by atoms with Crippen LogP contribution in [-0.2, 0) is 0 Å². The van der Waals surface area contributed by atoms with E-state index in [9.17, 15) is 15.2 Å². The summed E-state index contributed by atoms with van der Waals surface area (Å²) in [6, 6.07) is 5.89. The first-order valence-corrected chi connectivity index (χ1v) is 5.24. The first-order valence-electron chi connectivity index (χ1n) is 4.33. The molecule has 1 aromatic rings. The minimum absolute atomic E-state index is 0.0296. The molecule has 0 fully saturated rings. The van der Waals surface area contributed by atoms with Crippen molar-refractivity contribution in [3.63, 3.8) is 0 Å². The normalized spacial score (nSPS) is 12.9. The SMILES string of the molecule is O=[N+]([O-])c1ccc([C@@H](O)C/C=C/Br)cc1. The molecule has 15 heavy (non-hydrogen) atoms. The van der Waals surface area contributed by atoms with E-state index in [2.05, 4.69) is 15.9 Å². The van der Waals surface area contributed by atoms with Crippen molar-refractivity contribution in [3.05, 3.63) is 51.0 Å². The third kappa shape index (κ3) is 3.45. The maximum atomic E-state index is 10.4. The van der Waals surface area contributed by atoms with Gasteiger partial charge in [0.05, 0.1) is 11.0 Å². The van der Waals surface area contributed by atoms with Crippen LogP contribution < -0.4 is 0 Å². The van der Waals surface area contributed by atoms with Gasteiger partial charge in [0.1, 0.15) is 0 Å². The molecule has 5 heteroatoms. The Hall–Kier alpha value is -1.20. The van der Waals surface area contributed by atoms with Gasteiger partial charge < -0.3 is 5.11 Å². The third-order valence-electron chi connectivity index (χ3n) is 1.94. The number of non-ortho nitro benzene ring substituents is 1. The molecule has 0 amide bonds. The number of aliphatic hydroxyl groups is 1. The minimum atomic E-state index is -0.625. The van der Waals surface area contributed by atoms with Gasteiger partial charge in [-0.1, -0.05) is 22.0 Å². The predicted molar refractivity (Wildman–Crippen MR) is 60.7 cm³/mol. The van der Waals surface area contributed by atoms with Crippen LogP contribution in [0.1, 0.15) is 18.1 Å². The van der Waals surface area contributed by atoms with Gasteiger partial charge in [-0.15, -0.1) is 0 Å². The standard InChI is InChI=1S/C10H10BrNO3/c11-7-1-2-10(13)8-3-5-9(6-4-8)12(14)15/h1,3-7,10,13H,2H2/b7-1+/t10-/m0/s1. The fourth-order valence-corrected chi connectivity index (χ4v) is 1.35. The van der Waals surface area contributed by atoms with E-state index in [4.69, 9.17) is 0 Å². The highest BCUT2D eigenvalue weighted by molar-refractivity contribution is 9.11. The molecule has 0 saturated carbocycles. The van der Waals surface area contributed by atoms with Crippen LogP contribution in [0, 0.1) is 10.1 Å². The van der Waals surface area contributed by atoms with Crippen molar-refractivity contribution < 1.29 is 10.0 Å². The van der Waals surface area contributed by atoms with E-state index >= 15 is 0 Å². The largest absolute Gasteiger partial charge is 0.388 e. The summed E-state index contributed by atoms with van der Waals surface area (Å²) in [5.41, 5.74) is 0.702. The predicted octanol–water partition coefficient (Wildman–Crippen LogP) is 2.93. The first-order chi connectivity index (χ1) is 7.15. The zero-order valence-electron chi connectivity index (χ0n) is 7.84. The summed E-state index contributed by atoms with van der Waals surface area (Å²) >= 11 is 3.10.